The van der Waals surface area contributed by atoms with Crippen molar-refractivity contribution in [2.75, 3.05) is 18.1 Å². The topological polar surface area (TPSA) is 99.9 Å². The Morgan fingerprint density at radius 3 is 2.45 bits per heavy atom. The fourth-order valence-corrected chi connectivity index (χ4v) is 1.82. The molecule has 0 saturated carbocycles. The third kappa shape index (κ3) is 3.64. The van der Waals surface area contributed by atoms with Crippen molar-refractivity contribution in [3.8, 4) is 11.4 Å². The largest absolute Gasteiger partial charge is 0.377 e. The molecule has 0 aliphatic rings. The molecule has 1 heterocycles. The molecule has 0 unspecified atom stereocenters. The van der Waals surface area contributed by atoms with Gasteiger partial charge in [-0.3, -0.25) is 0 Å². The predicted molar refractivity (Wildman–Crippen MR) is 78.7 cm³/mol. The maximum atomic E-state index is 5.65. The minimum atomic E-state index is 0.120. The lowest BCUT2D eigenvalue weighted by Crippen LogP contribution is -2.06. The van der Waals surface area contributed by atoms with E-state index in [0.29, 0.717) is 12.4 Å². The van der Waals surface area contributed by atoms with Gasteiger partial charge in [0.1, 0.15) is 0 Å². The zero-order valence-corrected chi connectivity index (χ0v) is 11.5. The minimum absolute atomic E-state index is 0.120. The summed E-state index contributed by atoms with van der Waals surface area (Å²) in [7, 11) is 0. The molecule has 20 heavy (non-hydrogen) atoms. The maximum absolute atomic E-state index is 5.65. The highest BCUT2D eigenvalue weighted by Crippen LogP contribution is 2.21. The van der Waals surface area contributed by atoms with Crippen molar-refractivity contribution in [1.29, 1.82) is 0 Å². The van der Waals surface area contributed by atoms with Crippen LogP contribution < -0.4 is 11.5 Å². The second-order valence-electron chi connectivity index (χ2n) is 4.44. The van der Waals surface area contributed by atoms with Gasteiger partial charge in [0.25, 0.3) is 0 Å². The van der Waals surface area contributed by atoms with E-state index < -0.39 is 0 Å². The van der Waals surface area contributed by atoms with E-state index in [0.717, 1.165) is 30.6 Å². The summed E-state index contributed by atoms with van der Waals surface area (Å²) < 4.78 is 5.65. The number of anilines is 2. The molecule has 0 amide bonds. The van der Waals surface area contributed by atoms with Crippen LogP contribution in [-0.2, 0) is 11.3 Å². The van der Waals surface area contributed by atoms with Gasteiger partial charge >= 0.3 is 0 Å². The van der Waals surface area contributed by atoms with Crippen LogP contribution in [0, 0.1) is 0 Å². The van der Waals surface area contributed by atoms with E-state index in [-0.39, 0.29) is 11.9 Å². The lowest BCUT2D eigenvalue weighted by Gasteiger charge is -2.09. The average Bonchev–Trinajstić information content (AvgIpc) is 2.43. The molecule has 6 heteroatoms. The number of rotatable bonds is 6. The van der Waals surface area contributed by atoms with Crippen LogP contribution in [0.3, 0.4) is 0 Å². The Kier molecular flexibility index (Phi) is 4.84. The lowest BCUT2D eigenvalue weighted by atomic mass is 10.1. The van der Waals surface area contributed by atoms with E-state index in [1.807, 2.05) is 24.3 Å². The first-order valence-corrected chi connectivity index (χ1v) is 6.63. The predicted octanol–water partition coefficient (Wildman–Crippen LogP) is 2.02. The first-order valence-electron chi connectivity index (χ1n) is 6.63. The standard InChI is InChI=1S/C14H19N5O/c1-2-3-8-20-9-10-6-4-5-7-11(10)12-17-13(15)19-14(16)18-12/h4-7H,2-3,8-9H2,1H3,(H4,15,16,17,18,19). The van der Waals surface area contributed by atoms with Crippen molar-refractivity contribution in [1.82, 2.24) is 15.0 Å². The molecule has 6 nitrogen and oxygen atoms in total. The molecule has 1 aromatic heterocycles. The Balaban J connectivity index is 2.22. The summed E-state index contributed by atoms with van der Waals surface area (Å²) in [5.41, 5.74) is 13.1. The van der Waals surface area contributed by atoms with Crippen LogP contribution in [0.15, 0.2) is 24.3 Å². The van der Waals surface area contributed by atoms with E-state index in [1.165, 1.54) is 0 Å². The summed E-state index contributed by atoms with van der Waals surface area (Å²) in [6, 6.07) is 7.78. The van der Waals surface area contributed by atoms with Gasteiger partial charge in [0, 0.05) is 12.2 Å². The van der Waals surface area contributed by atoms with Crippen molar-refractivity contribution >= 4 is 11.9 Å². The van der Waals surface area contributed by atoms with Crippen LogP contribution in [0.5, 0.6) is 0 Å². The van der Waals surface area contributed by atoms with E-state index in [4.69, 9.17) is 16.2 Å². The molecular weight excluding hydrogens is 254 g/mol. The maximum Gasteiger partial charge on any atom is 0.225 e. The van der Waals surface area contributed by atoms with Gasteiger partial charge in [0.05, 0.1) is 6.61 Å². The summed E-state index contributed by atoms with van der Waals surface area (Å²) in [5.74, 6) is 0.716. The van der Waals surface area contributed by atoms with Crippen LogP contribution in [0.4, 0.5) is 11.9 Å². The zero-order valence-electron chi connectivity index (χ0n) is 11.5. The quantitative estimate of drug-likeness (QED) is 0.781. The Hall–Kier alpha value is -2.21. The van der Waals surface area contributed by atoms with Crippen LogP contribution in [-0.4, -0.2) is 21.6 Å². The molecule has 0 radical (unpaired) electrons. The second-order valence-corrected chi connectivity index (χ2v) is 4.44. The van der Waals surface area contributed by atoms with Crippen molar-refractivity contribution < 1.29 is 4.74 Å². The second kappa shape index (κ2) is 6.81. The van der Waals surface area contributed by atoms with Crippen LogP contribution in [0.1, 0.15) is 25.3 Å². The average molecular weight is 273 g/mol. The summed E-state index contributed by atoms with van der Waals surface area (Å²) in [6.07, 6.45) is 2.16. The summed E-state index contributed by atoms with van der Waals surface area (Å²) in [4.78, 5) is 12.0. The first kappa shape index (κ1) is 14.2. The molecule has 0 aliphatic heterocycles. The van der Waals surface area contributed by atoms with Gasteiger partial charge in [0.15, 0.2) is 5.82 Å². The van der Waals surface area contributed by atoms with Crippen molar-refractivity contribution in [3.05, 3.63) is 29.8 Å². The highest BCUT2D eigenvalue weighted by Gasteiger charge is 2.09. The van der Waals surface area contributed by atoms with Gasteiger partial charge in [-0.25, -0.2) is 0 Å². The van der Waals surface area contributed by atoms with Gasteiger partial charge < -0.3 is 16.2 Å². The summed E-state index contributed by atoms with van der Waals surface area (Å²) in [6.45, 7) is 3.39. The van der Waals surface area contributed by atoms with E-state index in [9.17, 15) is 0 Å². The van der Waals surface area contributed by atoms with E-state index in [2.05, 4.69) is 21.9 Å². The number of aromatic nitrogens is 3. The van der Waals surface area contributed by atoms with Gasteiger partial charge in [-0.15, -0.1) is 0 Å². The lowest BCUT2D eigenvalue weighted by molar-refractivity contribution is 0.118. The van der Waals surface area contributed by atoms with Gasteiger partial charge in [-0.05, 0) is 12.0 Å². The Labute approximate surface area is 118 Å². The van der Waals surface area contributed by atoms with Crippen molar-refractivity contribution in [3.63, 3.8) is 0 Å². The first-order chi connectivity index (χ1) is 9.70. The Bertz CT molecular complexity index is 553. The summed E-state index contributed by atoms with van der Waals surface area (Å²) in [5, 5.41) is 0. The fraction of sp³-hybridized carbons (Fsp3) is 0.357. The molecule has 1 aromatic carbocycles. The van der Waals surface area contributed by atoms with Crippen LogP contribution >= 0.6 is 0 Å². The van der Waals surface area contributed by atoms with Crippen molar-refractivity contribution in [2.24, 2.45) is 0 Å². The molecule has 0 spiro atoms. The highest BCUT2D eigenvalue weighted by molar-refractivity contribution is 5.61. The molecule has 4 N–H and O–H groups in total. The van der Waals surface area contributed by atoms with Crippen molar-refractivity contribution in [2.45, 2.75) is 26.4 Å². The number of nitrogens with zero attached hydrogens (tertiary/aromatic N) is 3. The SMILES string of the molecule is CCCCOCc1ccccc1-c1nc(N)nc(N)n1. The zero-order chi connectivity index (χ0) is 14.4. The summed E-state index contributed by atoms with van der Waals surface area (Å²) >= 11 is 0. The number of hydrogen-bond acceptors (Lipinski definition) is 6. The number of nitrogens with two attached hydrogens (primary N) is 2. The van der Waals surface area contributed by atoms with Crippen LogP contribution in [0.25, 0.3) is 11.4 Å². The highest BCUT2D eigenvalue weighted by atomic mass is 16.5. The molecule has 0 saturated heterocycles. The fourth-order valence-electron chi connectivity index (χ4n) is 1.82. The monoisotopic (exact) mass is 273 g/mol. The molecule has 0 fully saturated rings. The van der Waals surface area contributed by atoms with E-state index in [1.54, 1.807) is 0 Å². The van der Waals surface area contributed by atoms with Gasteiger partial charge in [0.2, 0.25) is 11.9 Å². The minimum Gasteiger partial charge on any atom is -0.377 e. The third-order valence-electron chi connectivity index (χ3n) is 2.83. The molecule has 2 rings (SSSR count). The number of benzene rings is 1. The Morgan fingerprint density at radius 2 is 1.75 bits per heavy atom. The molecule has 0 aliphatic carbocycles. The van der Waals surface area contributed by atoms with Gasteiger partial charge in [-0.2, -0.15) is 15.0 Å². The smallest absolute Gasteiger partial charge is 0.225 e. The Morgan fingerprint density at radius 1 is 1.05 bits per heavy atom. The third-order valence-corrected chi connectivity index (χ3v) is 2.83. The molecule has 0 atom stereocenters. The van der Waals surface area contributed by atoms with Gasteiger partial charge in [-0.1, -0.05) is 37.6 Å². The molecule has 2 aromatic rings. The number of nitrogen functional groups attached to an aromatic ring is 2. The molecule has 106 valence electrons. The molecular formula is C14H19N5O. The normalized spacial score (nSPS) is 10.7. The van der Waals surface area contributed by atoms with E-state index >= 15 is 0 Å². The number of unbranched alkanes of at least 4 members (excludes halogenated alkanes) is 1. The number of ether oxygens (including phenoxy) is 1. The molecule has 0 bridgehead atoms. The van der Waals surface area contributed by atoms with Crippen LogP contribution in [0.2, 0.25) is 0 Å². The number of hydrogen-bond donors (Lipinski definition) is 2.